The number of rotatable bonds is 4. The van der Waals surface area contributed by atoms with Crippen molar-refractivity contribution < 1.29 is 14.3 Å². The van der Waals surface area contributed by atoms with Crippen molar-refractivity contribution in [3.05, 3.63) is 23.8 Å². The highest BCUT2D eigenvalue weighted by Gasteiger charge is 2.79. The average Bonchev–Trinajstić information content (AvgIpc) is 3.38. The normalized spacial score (nSPS) is 48.0. The Balaban J connectivity index is 1.46. The SMILES string of the molecule is CC(C)[C@@H](C)/C=C/[C@H](C)[C@H]1C[C@H]2O[C@]23C2=CC(=O)[C@@H]4CC(=O)CC[C@]4(C)[C@H]2CC[C@]13C. The average molecular weight is 425 g/mol. The first-order valence-electron chi connectivity index (χ1n) is 12.7. The molecule has 1 spiro atoms. The Labute approximate surface area is 188 Å². The number of fused-ring (bicyclic) bond motifs is 3. The van der Waals surface area contributed by atoms with E-state index in [1.54, 1.807) is 0 Å². The molecule has 3 heteroatoms. The van der Waals surface area contributed by atoms with Crippen molar-refractivity contribution in [3.63, 3.8) is 0 Å². The summed E-state index contributed by atoms with van der Waals surface area (Å²) in [4.78, 5) is 25.4. The summed E-state index contributed by atoms with van der Waals surface area (Å²) in [6, 6.07) is 0. The number of Topliss-reactive ketones (excluding diaryl/α,β-unsaturated/α-hetero) is 1. The van der Waals surface area contributed by atoms with Gasteiger partial charge in [0, 0.05) is 24.2 Å². The zero-order valence-electron chi connectivity index (χ0n) is 20.2. The number of hydrogen-bond donors (Lipinski definition) is 0. The van der Waals surface area contributed by atoms with Crippen LogP contribution in [-0.4, -0.2) is 23.3 Å². The van der Waals surface area contributed by atoms with E-state index in [9.17, 15) is 9.59 Å². The molecular formula is C28H40O3. The molecule has 31 heavy (non-hydrogen) atoms. The van der Waals surface area contributed by atoms with Crippen molar-refractivity contribution in [1.29, 1.82) is 0 Å². The Bertz CT molecular complexity index is 867. The minimum Gasteiger partial charge on any atom is -0.361 e. The molecule has 5 aliphatic rings. The molecule has 5 rings (SSSR count). The maximum atomic E-state index is 13.2. The first-order chi connectivity index (χ1) is 14.5. The lowest BCUT2D eigenvalue weighted by Gasteiger charge is -2.56. The summed E-state index contributed by atoms with van der Waals surface area (Å²) in [7, 11) is 0. The van der Waals surface area contributed by atoms with Crippen LogP contribution in [0.4, 0.5) is 0 Å². The van der Waals surface area contributed by atoms with Gasteiger partial charge in [0.2, 0.25) is 0 Å². The van der Waals surface area contributed by atoms with Crippen LogP contribution in [0.1, 0.15) is 80.1 Å². The summed E-state index contributed by atoms with van der Waals surface area (Å²) in [5, 5.41) is 0. The second-order valence-electron chi connectivity index (χ2n) is 12.3. The molecule has 170 valence electrons. The fourth-order valence-electron chi connectivity index (χ4n) is 8.12. The standard InChI is InChI=1S/C28H40O3/c1-16(2)17(3)7-8-18(4)21-15-25-28(31-25)22-14-24(30)23-13-19(29)9-11-26(23,5)20(22)10-12-27(21,28)6/h7-8,14,16-18,20-21,23,25H,9-13,15H2,1-6H3/b8-7+/t17-,18-,20-,21+,23-,25+,26+,27+,28+/m0/s1. The van der Waals surface area contributed by atoms with E-state index in [1.807, 2.05) is 6.08 Å². The summed E-state index contributed by atoms with van der Waals surface area (Å²) in [6.45, 7) is 14.0. The van der Waals surface area contributed by atoms with Crippen molar-refractivity contribution in [2.24, 2.45) is 46.3 Å². The highest BCUT2D eigenvalue weighted by atomic mass is 16.6. The van der Waals surface area contributed by atoms with Crippen LogP contribution in [0.25, 0.3) is 0 Å². The molecule has 1 heterocycles. The summed E-state index contributed by atoms with van der Waals surface area (Å²) in [5.41, 5.74) is 1.10. The zero-order chi connectivity index (χ0) is 22.3. The van der Waals surface area contributed by atoms with E-state index in [-0.39, 0.29) is 40.0 Å². The molecule has 9 atom stereocenters. The van der Waals surface area contributed by atoms with E-state index in [0.717, 1.165) is 19.3 Å². The number of carbonyl (C=O) groups is 2. The number of carbonyl (C=O) groups excluding carboxylic acids is 2. The van der Waals surface area contributed by atoms with Crippen LogP contribution in [0, 0.1) is 46.3 Å². The van der Waals surface area contributed by atoms with Crippen molar-refractivity contribution >= 4 is 11.6 Å². The van der Waals surface area contributed by atoms with Gasteiger partial charge < -0.3 is 4.74 Å². The highest BCUT2D eigenvalue weighted by Crippen LogP contribution is 2.75. The smallest absolute Gasteiger partial charge is 0.159 e. The first-order valence-corrected chi connectivity index (χ1v) is 12.7. The van der Waals surface area contributed by atoms with Gasteiger partial charge in [0.15, 0.2) is 5.78 Å². The van der Waals surface area contributed by atoms with Gasteiger partial charge in [0.25, 0.3) is 0 Å². The Hall–Kier alpha value is -1.22. The van der Waals surface area contributed by atoms with Crippen LogP contribution < -0.4 is 0 Å². The predicted octanol–water partition coefficient (Wildman–Crippen LogP) is 5.93. The van der Waals surface area contributed by atoms with Crippen LogP contribution in [-0.2, 0) is 14.3 Å². The third-order valence-corrected chi connectivity index (χ3v) is 10.6. The lowest BCUT2D eigenvalue weighted by atomic mass is 9.47. The van der Waals surface area contributed by atoms with Crippen LogP contribution >= 0.6 is 0 Å². The summed E-state index contributed by atoms with van der Waals surface area (Å²) >= 11 is 0. The highest BCUT2D eigenvalue weighted by molar-refractivity contribution is 5.98. The molecular weight excluding hydrogens is 384 g/mol. The lowest BCUT2D eigenvalue weighted by molar-refractivity contribution is -0.138. The van der Waals surface area contributed by atoms with E-state index in [1.165, 1.54) is 12.0 Å². The Morgan fingerprint density at radius 1 is 1.06 bits per heavy atom. The molecule has 0 amide bonds. The minimum absolute atomic E-state index is 0.0715. The number of ketones is 2. The topological polar surface area (TPSA) is 46.7 Å². The summed E-state index contributed by atoms with van der Waals surface area (Å²) in [6.07, 6.45) is 12.4. The number of hydrogen-bond acceptors (Lipinski definition) is 3. The molecule has 0 unspecified atom stereocenters. The van der Waals surface area contributed by atoms with Crippen LogP contribution in [0.15, 0.2) is 23.8 Å². The summed E-state index contributed by atoms with van der Waals surface area (Å²) < 4.78 is 6.54. The minimum atomic E-state index is -0.225. The third-order valence-electron chi connectivity index (χ3n) is 10.6. The maximum absolute atomic E-state index is 13.2. The molecule has 0 N–H and O–H groups in total. The maximum Gasteiger partial charge on any atom is 0.159 e. The van der Waals surface area contributed by atoms with Gasteiger partial charge in [-0.05, 0) is 72.3 Å². The second-order valence-corrected chi connectivity index (χ2v) is 12.3. The van der Waals surface area contributed by atoms with Crippen LogP contribution in [0.5, 0.6) is 0 Å². The van der Waals surface area contributed by atoms with Gasteiger partial charge in [-0.3, -0.25) is 9.59 Å². The van der Waals surface area contributed by atoms with Crippen molar-refractivity contribution in [1.82, 2.24) is 0 Å². The van der Waals surface area contributed by atoms with Gasteiger partial charge in [-0.15, -0.1) is 0 Å². The molecule has 0 radical (unpaired) electrons. The van der Waals surface area contributed by atoms with E-state index >= 15 is 0 Å². The van der Waals surface area contributed by atoms with Crippen molar-refractivity contribution in [3.8, 4) is 0 Å². The molecule has 1 aliphatic heterocycles. The predicted molar refractivity (Wildman–Crippen MR) is 122 cm³/mol. The molecule has 3 saturated carbocycles. The number of epoxide rings is 1. The Morgan fingerprint density at radius 2 is 1.81 bits per heavy atom. The molecule has 1 saturated heterocycles. The van der Waals surface area contributed by atoms with Gasteiger partial charge >= 0.3 is 0 Å². The molecule has 3 nitrogen and oxygen atoms in total. The Kier molecular flexibility index (Phi) is 4.80. The molecule has 4 fully saturated rings. The van der Waals surface area contributed by atoms with Gasteiger partial charge in [-0.2, -0.15) is 0 Å². The van der Waals surface area contributed by atoms with Gasteiger partial charge in [0.05, 0.1) is 6.10 Å². The largest absolute Gasteiger partial charge is 0.361 e. The monoisotopic (exact) mass is 424 g/mol. The van der Waals surface area contributed by atoms with Crippen molar-refractivity contribution in [2.75, 3.05) is 0 Å². The van der Waals surface area contributed by atoms with Gasteiger partial charge in [-0.1, -0.05) is 53.7 Å². The van der Waals surface area contributed by atoms with E-state index < -0.39 is 0 Å². The van der Waals surface area contributed by atoms with Gasteiger partial charge in [-0.25, -0.2) is 0 Å². The first kappa shape index (κ1) is 21.6. The number of ether oxygens (including phenoxy) is 1. The quantitative estimate of drug-likeness (QED) is 0.415. The van der Waals surface area contributed by atoms with Crippen LogP contribution in [0.2, 0.25) is 0 Å². The zero-order valence-corrected chi connectivity index (χ0v) is 20.2. The Morgan fingerprint density at radius 3 is 2.52 bits per heavy atom. The summed E-state index contributed by atoms with van der Waals surface area (Å²) in [5.74, 6) is 3.11. The third kappa shape index (κ3) is 2.81. The molecule has 0 aromatic heterocycles. The van der Waals surface area contributed by atoms with E-state index in [4.69, 9.17) is 4.74 Å². The number of allylic oxidation sites excluding steroid dienone is 3. The van der Waals surface area contributed by atoms with Crippen LogP contribution in [0.3, 0.4) is 0 Å². The fourth-order valence-corrected chi connectivity index (χ4v) is 8.12. The molecule has 0 aromatic rings. The second kappa shape index (κ2) is 6.89. The molecule has 0 aromatic carbocycles. The van der Waals surface area contributed by atoms with E-state index in [2.05, 4.69) is 53.7 Å². The molecule has 4 aliphatic carbocycles. The lowest BCUT2D eigenvalue weighted by Crippen LogP contribution is -2.55. The fraction of sp³-hybridized carbons (Fsp3) is 0.786. The van der Waals surface area contributed by atoms with Crippen molar-refractivity contribution in [2.45, 2.75) is 91.8 Å². The van der Waals surface area contributed by atoms with Gasteiger partial charge in [0.1, 0.15) is 11.4 Å². The molecule has 0 bridgehead atoms. The van der Waals surface area contributed by atoms with E-state index in [0.29, 0.717) is 42.4 Å².